The first kappa shape index (κ1) is 16.6. The van der Waals surface area contributed by atoms with Crippen molar-refractivity contribution in [2.45, 2.75) is 39.0 Å². The Morgan fingerprint density at radius 3 is 2.85 bits per heavy atom. The molecule has 1 aliphatic heterocycles. The van der Waals surface area contributed by atoms with Crippen molar-refractivity contribution in [1.82, 2.24) is 20.8 Å². The number of hydrogen-bond donors (Lipinski definition) is 4. The number of H-pyrrole nitrogens is 1. The van der Waals surface area contributed by atoms with Gasteiger partial charge in [0.2, 0.25) is 5.91 Å². The first-order valence-corrected chi connectivity index (χ1v) is 8.93. The van der Waals surface area contributed by atoms with Gasteiger partial charge in [0.15, 0.2) is 0 Å². The molecule has 6 heteroatoms. The Hall–Kier alpha value is -2.86. The summed E-state index contributed by atoms with van der Waals surface area (Å²) in [6.07, 6.45) is 1.78. The molecule has 0 bridgehead atoms. The number of para-hydroxylation sites is 1. The van der Waals surface area contributed by atoms with E-state index in [9.17, 15) is 4.79 Å². The Morgan fingerprint density at radius 1 is 1.15 bits per heavy atom. The molecule has 0 saturated carbocycles. The van der Waals surface area contributed by atoms with Crippen LogP contribution in [0.2, 0.25) is 0 Å². The second-order valence-corrected chi connectivity index (χ2v) is 7.01. The summed E-state index contributed by atoms with van der Waals surface area (Å²) in [7, 11) is 0. The van der Waals surface area contributed by atoms with Gasteiger partial charge in [-0.3, -0.25) is 9.89 Å². The summed E-state index contributed by atoms with van der Waals surface area (Å²) in [6.45, 7) is 5.70. The molecule has 2 aromatic carbocycles. The third kappa shape index (κ3) is 3.15. The second kappa shape index (κ2) is 6.80. The van der Waals surface area contributed by atoms with Crippen molar-refractivity contribution in [3.05, 3.63) is 59.3 Å². The third-order valence-corrected chi connectivity index (χ3v) is 4.66. The number of nitrogens with one attached hydrogen (secondary N) is 4. The summed E-state index contributed by atoms with van der Waals surface area (Å²) in [5, 5.41) is 17.9. The van der Waals surface area contributed by atoms with Crippen molar-refractivity contribution in [2.75, 3.05) is 5.32 Å². The minimum Gasteiger partial charge on any atom is -0.370 e. The van der Waals surface area contributed by atoms with Gasteiger partial charge in [0, 0.05) is 35.8 Å². The standard InChI is InChI=1S/C20H23N5O/c1-12(2)23-20(26)19(17-5-3-4-14-11-22-25-18(14)17)24-16-7-6-13-9-21-10-15(13)8-16/h3-8,11-12,19,21,24H,9-10H2,1-2H3,(H,22,25)(H,23,26)/t19-/m1/s1. The minimum atomic E-state index is -0.506. The Labute approximate surface area is 152 Å². The average Bonchev–Trinajstić information content (AvgIpc) is 3.27. The van der Waals surface area contributed by atoms with Gasteiger partial charge in [0.1, 0.15) is 6.04 Å². The summed E-state index contributed by atoms with van der Waals surface area (Å²) in [5.41, 5.74) is 5.29. The fourth-order valence-electron chi connectivity index (χ4n) is 3.44. The zero-order valence-electron chi connectivity index (χ0n) is 15.0. The molecular formula is C20H23N5O. The summed E-state index contributed by atoms with van der Waals surface area (Å²) in [6, 6.07) is 11.7. The van der Waals surface area contributed by atoms with E-state index in [2.05, 4.69) is 38.3 Å². The van der Waals surface area contributed by atoms with Gasteiger partial charge in [-0.15, -0.1) is 0 Å². The first-order valence-electron chi connectivity index (χ1n) is 8.93. The lowest BCUT2D eigenvalue weighted by Crippen LogP contribution is -2.37. The van der Waals surface area contributed by atoms with Gasteiger partial charge in [-0.2, -0.15) is 5.10 Å². The summed E-state index contributed by atoms with van der Waals surface area (Å²) in [5.74, 6) is -0.0549. The quantitative estimate of drug-likeness (QED) is 0.571. The van der Waals surface area contributed by atoms with E-state index >= 15 is 0 Å². The van der Waals surface area contributed by atoms with Crippen LogP contribution in [0.4, 0.5) is 5.69 Å². The minimum absolute atomic E-state index is 0.0549. The highest BCUT2D eigenvalue weighted by molar-refractivity contribution is 5.92. The van der Waals surface area contributed by atoms with E-state index in [1.807, 2.05) is 38.1 Å². The smallest absolute Gasteiger partial charge is 0.247 e. The third-order valence-electron chi connectivity index (χ3n) is 4.66. The molecule has 0 fully saturated rings. The van der Waals surface area contributed by atoms with Gasteiger partial charge in [0.25, 0.3) is 0 Å². The molecular weight excluding hydrogens is 326 g/mol. The lowest BCUT2D eigenvalue weighted by molar-refractivity contribution is -0.122. The number of nitrogens with zero attached hydrogens (tertiary/aromatic N) is 1. The van der Waals surface area contributed by atoms with E-state index in [4.69, 9.17) is 0 Å². The number of benzene rings is 2. The van der Waals surface area contributed by atoms with E-state index < -0.39 is 6.04 Å². The maximum atomic E-state index is 12.9. The molecule has 1 amide bonds. The van der Waals surface area contributed by atoms with Crippen molar-refractivity contribution in [3.63, 3.8) is 0 Å². The highest BCUT2D eigenvalue weighted by Gasteiger charge is 2.24. The number of rotatable bonds is 5. The number of aromatic amines is 1. The maximum absolute atomic E-state index is 12.9. The average molecular weight is 349 g/mol. The summed E-state index contributed by atoms with van der Waals surface area (Å²) < 4.78 is 0. The van der Waals surface area contributed by atoms with Gasteiger partial charge < -0.3 is 16.0 Å². The van der Waals surface area contributed by atoms with Gasteiger partial charge in [-0.25, -0.2) is 0 Å². The number of amides is 1. The highest BCUT2D eigenvalue weighted by Crippen LogP contribution is 2.28. The second-order valence-electron chi connectivity index (χ2n) is 7.01. The zero-order chi connectivity index (χ0) is 18.1. The molecule has 2 heterocycles. The Kier molecular flexibility index (Phi) is 4.34. The molecule has 1 aliphatic rings. The lowest BCUT2D eigenvalue weighted by Gasteiger charge is -2.22. The Bertz CT molecular complexity index is 946. The van der Waals surface area contributed by atoms with E-state index in [-0.39, 0.29) is 11.9 Å². The van der Waals surface area contributed by atoms with Crippen molar-refractivity contribution in [1.29, 1.82) is 0 Å². The number of fused-ring (bicyclic) bond motifs is 2. The van der Waals surface area contributed by atoms with Gasteiger partial charge in [-0.05, 0) is 37.1 Å². The van der Waals surface area contributed by atoms with E-state index in [0.29, 0.717) is 0 Å². The molecule has 26 heavy (non-hydrogen) atoms. The topological polar surface area (TPSA) is 81.8 Å². The van der Waals surface area contributed by atoms with E-state index in [0.717, 1.165) is 35.2 Å². The highest BCUT2D eigenvalue weighted by atomic mass is 16.2. The lowest BCUT2D eigenvalue weighted by atomic mass is 10.0. The predicted molar refractivity (Wildman–Crippen MR) is 103 cm³/mol. The molecule has 0 saturated heterocycles. The largest absolute Gasteiger partial charge is 0.370 e. The van der Waals surface area contributed by atoms with Crippen LogP contribution in [0.25, 0.3) is 10.9 Å². The SMILES string of the molecule is CC(C)NC(=O)[C@H](Nc1ccc2c(c1)CNC2)c1cccc2cn[nH]c12. The zero-order valence-corrected chi connectivity index (χ0v) is 15.0. The monoisotopic (exact) mass is 349 g/mol. The van der Waals surface area contributed by atoms with Crippen molar-refractivity contribution in [2.24, 2.45) is 0 Å². The van der Waals surface area contributed by atoms with Crippen LogP contribution < -0.4 is 16.0 Å². The molecule has 1 atom stereocenters. The molecule has 0 unspecified atom stereocenters. The molecule has 1 aromatic heterocycles. The maximum Gasteiger partial charge on any atom is 0.247 e. The van der Waals surface area contributed by atoms with Crippen molar-refractivity contribution in [3.8, 4) is 0 Å². The fourth-order valence-corrected chi connectivity index (χ4v) is 3.44. The van der Waals surface area contributed by atoms with Gasteiger partial charge in [-0.1, -0.05) is 24.3 Å². The molecule has 4 N–H and O–H groups in total. The van der Waals surface area contributed by atoms with Crippen LogP contribution in [0, 0.1) is 0 Å². The van der Waals surface area contributed by atoms with Crippen LogP contribution in [-0.2, 0) is 17.9 Å². The van der Waals surface area contributed by atoms with Crippen LogP contribution in [0.15, 0.2) is 42.6 Å². The van der Waals surface area contributed by atoms with Crippen LogP contribution in [-0.4, -0.2) is 22.1 Å². The number of anilines is 1. The van der Waals surface area contributed by atoms with E-state index in [1.165, 1.54) is 11.1 Å². The summed E-state index contributed by atoms with van der Waals surface area (Å²) >= 11 is 0. The van der Waals surface area contributed by atoms with Crippen LogP contribution in [0.1, 0.15) is 36.6 Å². The van der Waals surface area contributed by atoms with Crippen LogP contribution in [0.5, 0.6) is 0 Å². The van der Waals surface area contributed by atoms with E-state index in [1.54, 1.807) is 6.20 Å². The molecule has 4 rings (SSSR count). The number of aromatic nitrogens is 2. The molecule has 134 valence electrons. The fraction of sp³-hybridized carbons (Fsp3) is 0.300. The van der Waals surface area contributed by atoms with Crippen LogP contribution >= 0.6 is 0 Å². The van der Waals surface area contributed by atoms with Crippen LogP contribution in [0.3, 0.4) is 0 Å². The summed E-state index contributed by atoms with van der Waals surface area (Å²) in [4.78, 5) is 12.9. The number of carbonyl (C=O) groups excluding carboxylic acids is 1. The van der Waals surface area contributed by atoms with Crippen molar-refractivity contribution >= 4 is 22.5 Å². The van der Waals surface area contributed by atoms with Gasteiger partial charge >= 0.3 is 0 Å². The molecule has 0 spiro atoms. The molecule has 3 aromatic rings. The van der Waals surface area contributed by atoms with Crippen molar-refractivity contribution < 1.29 is 4.79 Å². The molecule has 6 nitrogen and oxygen atoms in total. The Morgan fingerprint density at radius 2 is 2.00 bits per heavy atom. The number of hydrogen-bond acceptors (Lipinski definition) is 4. The van der Waals surface area contributed by atoms with Gasteiger partial charge in [0.05, 0.1) is 11.7 Å². The predicted octanol–water partition coefficient (Wildman–Crippen LogP) is 2.84. The Balaban J connectivity index is 1.71. The first-order chi connectivity index (χ1) is 12.6. The normalized spacial score (nSPS) is 14.4. The number of carbonyl (C=O) groups is 1. The molecule has 0 radical (unpaired) electrons. The molecule has 0 aliphatic carbocycles.